The van der Waals surface area contributed by atoms with E-state index in [-0.39, 0.29) is 20.2 Å². The maximum absolute atomic E-state index is 12.0. The molecule has 1 rings (SSSR count). The van der Waals surface area contributed by atoms with Crippen LogP contribution in [0.25, 0.3) is 0 Å². The molecule has 1 nitrogen and oxygen atoms in total. The van der Waals surface area contributed by atoms with Crippen LogP contribution in [0.4, 0.5) is 4.39 Å². The fourth-order valence-corrected chi connectivity index (χ4v) is 1.81. The average Bonchev–Trinajstić information content (AvgIpc) is 2.06. The van der Waals surface area contributed by atoms with Crippen LogP contribution in [0.2, 0.25) is 0 Å². The van der Waals surface area contributed by atoms with Crippen LogP contribution < -0.4 is 0 Å². The zero-order chi connectivity index (χ0) is 8.10. The fraction of sp³-hybridized carbons (Fsp3) is 1.00. The van der Waals surface area contributed by atoms with Crippen molar-refractivity contribution in [3.05, 3.63) is 0 Å². The maximum atomic E-state index is 12.0. The van der Waals surface area contributed by atoms with Gasteiger partial charge in [-0.1, -0.05) is 13.3 Å². The van der Waals surface area contributed by atoms with E-state index in [1.807, 2.05) is 0 Å². The number of hydrogen-bond acceptors (Lipinski definition) is 1. The molecule has 1 aliphatic heterocycles. The van der Waals surface area contributed by atoms with Crippen LogP contribution in [-0.4, -0.2) is 31.2 Å². The highest BCUT2D eigenvalue weighted by molar-refractivity contribution is 7.59. The molecule has 1 fully saturated rings. The Morgan fingerprint density at radius 2 is 2.25 bits per heavy atom. The lowest BCUT2D eigenvalue weighted by Gasteiger charge is -2.31. The monoisotopic (exact) mass is 193 g/mol. The molecular weight excluding hydrogens is 173 g/mol. The number of halogens is 1. The highest BCUT2D eigenvalue weighted by Crippen LogP contribution is 2.18. The molecule has 0 saturated carbocycles. The lowest BCUT2D eigenvalue weighted by Crippen LogP contribution is -2.36. The number of hydrogen-bond donors (Lipinski definition) is 0. The molecule has 0 radical (unpaired) electrons. The maximum Gasteiger partial charge on any atom is 0.102 e. The fourth-order valence-electron chi connectivity index (χ4n) is 1.81. The van der Waals surface area contributed by atoms with Gasteiger partial charge in [0, 0.05) is 13.1 Å². The molecule has 0 amide bonds. The highest BCUT2D eigenvalue weighted by atomic mass is 32.1. The van der Waals surface area contributed by atoms with Crippen molar-refractivity contribution in [3.63, 3.8) is 0 Å². The SMILES string of the molecule is CC[C@@H]1CCCN(CCF)C1.S. The zero-order valence-electron chi connectivity index (χ0n) is 7.85. The molecule has 74 valence electrons. The van der Waals surface area contributed by atoms with Crippen molar-refractivity contribution in [1.29, 1.82) is 0 Å². The van der Waals surface area contributed by atoms with Crippen LogP contribution in [0, 0.1) is 5.92 Å². The van der Waals surface area contributed by atoms with Gasteiger partial charge in [-0.25, -0.2) is 4.39 Å². The van der Waals surface area contributed by atoms with E-state index in [0.717, 1.165) is 19.0 Å². The Kier molecular flexibility index (Phi) is 6.86. The van der Waals surface area contributed by atoms with Crippen molar-refractivity contribution in [2.45, 2.75) is 26.2 Å². The van der Waals surface area contributed by atoms with Crippen LogP contribution >= 0.6 is 13.5 Å². The summed E-state index contributed by atoms with van der Waals surface area (Å²) in [6.45, 7) is 4.93. The first kappa shape index (κ1) is 12.2. The Morgan fingerprint density at radius 1 is 1.50 bits per heavy atom. The Hall–Kier alpha value is 0.240. The van der Waals surface area contributed by atoms with E-state index in [1.165, 1.54) is 19.3 Å². The zero-order valence-corrected chi connectivity index (χ0v) is 8.85. The second-order valence-electron chi connectivity index (χ2n) is 3.41. The third-order valence-corrected chi connectivity index (χ3v) is 2.58. The van der Waals surface area contributed by atoms with E-state index in [4.69, 9.17) is 0 Å². The van der Waals surface area contributed by atoms with Crippen LogP contribution in [0.5, 0.6) is 0 Å². The van der Waals surface area contributed by atoms with Crippen molar-refractivity contribution >= 4 is 13.5 Å². The van der Waals surface area contributed by atoms with E-state index in [9.17, 15) is 4.39 Å². The Bertz CT molecular complexity index is 109. The first-order chi connectivity index (χ1) is 5.36. The minimum absolute atomic E-state index is 0. The smallest absolute Gasteiger partial charge is 0.102 e. The second-order valence-corrected chi connectivity index (χ2v) is 3.41. The third kappa shape index (κ3) is 3.76. The Morgan fingerprint density at radius 3 is 2.83 bits per heavy atom. The van der Waals surface area contributed by atoms with Crippen LogP contribution in [0.15, 0.2) is 0 Å². The summed E-state index contributed by atoms with van der Waals surface area (Å²) in [4.78, 5) is 2.25. The van der Waals surface area contributed by atoms with Gasteiger partial charge in [-0.05, 0) is 25.3 Å². The summed E-state index contributed by atoms with van der Waals surface area (Å²) >= 11 is 0. The topological polar surface area (TPSA) is 3.24 Å². The van der Waals surface area contributed by atoms with Gasteiger partial charge in [0.15, 0.2) is 0 Å². The molecule has 0 unspecified atom stereocenters. The Balaban J connectivity index is 0.00000121. The van der Waals surface area contributed by atoms with Gasteiger partial charge in [0.2, 0.25) is 0 Å². The summed E-state index contributed by atoms with van der Waals surface area (Å²) < 4.78 is 12.0. The summed E-state index contributed by atoms with van der Waals surface area (Å²) in [5, 5.41) is 0. The number of rotatable bonds is 3. The van der Waals surface area contributed by atoms with E-state index in [0.29, 0.717) is 6.54 Å². The van der Waals surface area contributed by atoms with Gasteiger partial charge in [0.1, 0.15) is 6.67 Å². The van der Waals surface area contributed by atoms with Crippen LogP contribution in [0.1, 0.15) is 26.2 Å². The first-order valence-corrected chi connectivity index (χ1v) is 4.65. The van der Waals surface area contributed by atoms with E-state index in [1.54, 1.807) is 0 Å². The van der Waals surface area contributed by atoms with Gasteiger partial charge in [-0.15, -0.1) is 0 Å². The first-order valence-electron chi connectivity index (χ1n) is 4.65. The van der Waals surface area contributed by atoms with Gasteiger partial charge in [0.25, 0.3) is 0 Å². The molecule has 0 aromatic heterocycles. The molecule has 0 aliphatic carbocycles. The average molecular weight is 193 g/mol. The number of likely N-dealkylation sites (tertiary alicyclic amines) is 1. The van der Waals surface area contributed by atoms with Crippen molar-refractivity contribution in [1.82, 2.24) is 4.90 Å². The summed E-state index contributed by atoms with van der Waals surface area (Å²) in [5.74, 6) is 0.829. The second kappa shape index (κ2) is 6.72. The van der Waals surface area contributed by atoms with Gasteiger partial charge >= 0.3 is 0 Å². The number of alkyl halides is 1. The van der Waals surface area contributed by atoms with E-state index >= 15 is 0 Å². The van der Waals surface area contributed by atoms with Crippen molar-refractivity contribution < 1.29 is 4.39 Å². The lowest BCUT2D eigenvalue weighted by atomic mass is 9.96. The standard InChI is InChI=1S/C9H18FN.H2S/c1-2-9-4-3-6-11(8-9)7-5-10;/h9H,2-8H2,1H3;1H2/t9-;/m1./s1. The molecule has 0 bridgehead atoms. The molecule has 0 aromatic carbocycles. The minimum Gasteiger partial charge on any atom is -0.300 e. The third-order valence-electron chi connectivity index (χ3n) is 2.58. The number of nitrogens with zero attached hydrogens (tertiary/aromatic N) is 1. The quantitative estimate of drug-likeness (QED) is 0.664. The molecular formula is C9H20FNS. The van der Waals surface area contributed by atoms with Gasteiger partial charge < -0.3 is 4.90 Å². The molecule has 12 heavy (non-hydrogen) atoms. The minimum atomic E-state index is -0.184. The number of piperidine rings is 1. The Labute approximate surface area is 81.8 Å². The van der Waals surface area contributed by atoms with Crippen LogP contribution in [0.3, 0.4) is 0 Å². The molecule has 0 N–H and O–H groups in total. The van der Waals surface area contributed by atoms with Gasteiger partial charge in [0.05, 0.1) is 0 Å². The summed E-state index contributed by atoms with van der Waals surface area (Å²) in [7, 11) is 0. The van der Waals surface area contributed by atoms with Crippen molar-refractivity contribution in [2.24, 2.45) is 5.92 Å². The van der Waals surface area contributed by atoms with Gasteiger partial charge in [-0.2, -0.15) is 13.5 Å². The predicted octanol–water partition coefficient (Wildman–Crippen LogP) is 2.19. The normalized spacial score (nSPS) is 25.0. The molecule has 1 saturated heterocycles. The van der Waals surface area contributed by atoms with Crippen LogP contribution in [-0.2, 0) is 0 Å². The molecule has 0 spiro atoms. The van der Waals surface area contributed by atoms with Gasteiger partial charge in [-0.3, -0.25) is 0 Å². The van der Waals surface area contributed by atoms with E-state index < -0.39 is 0 Å². The summed E-state index contributed by atoms with van der Waals surface area (Å²) in [6, 6.07) is 0. The molecule has 3 heteroatoms. The predicted molar refractivity (Wildman–Crippen MR) is 55.8 cm³/mol. The highest BCUT2D eigenvalue weighted by Gasteiger charge is 2.17. The molecule has 1 atom stereocenters. The molecule has 1 heterocycles. The summed E-state index contributed by atoms with van der Waals surface area (Å²) in [5.41, 5.74) is 0. The molecule has 1 aliphatic rings. The molecule has 0 aromatic rings. The summed E-state index contributed by atoms with van der Waals surface area (Å²) in [6.07, 6.45) is 3.86. The van der Waals surface area contributed by atoms with Crippen molar-refractivity contribution in [2.75, 3.05) is 26.3 Å². The lowest BCUT2D eigenvalue weighted by molar-refractivity contribution is 0.161. The largest absolute Gasteiger partial charge is 0.300 e. The van der Waals surface area contributed by atoms with Crippen molar-refractivity contribution in [3.8, 4) is 0 Å². The van der Waals surface area contributed by atoms with E-state index in [2.05, 4.69) is 11.8 Å².